The van der Waals surface area contributed by atoms with E-state index in [1.807, 2.05) is 0 Å². The van der Waals surface area contributed by atoms with Gasteiger partial charge in [0.25, 0.3) is 5.91 Å². The number of halogens is 2. The second kappa shape index (κ2) is 8.38. The second-order valence-electron chi connectivity index (χ2n) is 5.44. The van der Waals surface area contributed by atoms with E-state index in [9.17, 15) is 13.6 Å². The maximum atomic E-state index is 13.7. The first-order valence-corrected chi connectivity index (χ1v) is 8.03. The molecule has 1 aromatic carbocycles. The lowest BCUT2D eigenvalue weighted by atomic mass is 10.2. The number of benzene rings is 1. The number of hydrogen-bond acceptors (Lipinski definition) is 3. The third-order valence-electron chi connectivity index (χ3n) is 3.52. The number of aromatic nitrogens is 1. The summed E-state index contributed by atoms with van der Waals surface area (Å²) in [5.74, 6) is -1.51. The lowest BCUT2D eigenvalue weighted by Crippen LogP contribution is -2.26. The molecular formula is C18H21F2N3O. The van der Waals surface area contributed by atoms with Crippen molar-refractivity contribution in [2.75, 3.05) is 23.3 Å². The molecule has 0 fully saturated rings. The lowest BCUT2D eigenvalue weighted by molar-refractivity contribution is 0.102. The molecule has 0 spiro atoms. The zero-order valence-corrected chi connectivity index (χ0v) is 13.9. The van der Waals surface area contributed by atoms with Crippen LogP contribution in [0.5, 0.6) is 0 Å². The number of carbonyl (C=O) groups is 1. The Balaban J connectivity index is 2.22. The van der Waals surface area contributed by atoms with Crippen LogP contribution in [0.2, 0.25) is 0 Å². The minimum atomic E-state index is -0.809. The summed E-state index contributed by atoms with van der Waals surface area (Å²) in [5.41, 5.74) is -0.139. The molecule has 1 amide bonds. The van der Waals surface area contributed by atoms with Gasteiger partial charge in [0.1, 0.15) is 23.1 Å². The minimum Gasteiger partial charge on any atom is -0.357 e. The molecule has 2 aromatic rings. The van der Waals surface area contributed by atoms with Gasteiger partial charge in [-0.25, -0.2) is 13.8 Å². The molecule has 1 N–H and O–H groups in total. The van der Waals surface area contributed by atoms with Crippen molar-refractivity contribution in [3.8, 4) is 0 Å². The van der Waals surface area contributed by atoms with Crippen LogP contribution >= 0.6 is 0 Å². The SMILES string of the molecule is CCCN(CCC)c1cc(C(=O)Nc2c(F)cccc2F)ccn1. The van der Waals surface area contributed by atoms with Crippen molar-refractivity contribution in [3.63, 3.8) is 0 Å². The summed E-state index contributed by atoms with van der Waals surface area (Å²) < 4.78 is 27.3. The fraction of sp³-hybridized carbons (Fsp3) is 0.333. The summed E-state index contributed by atoms with van der Waals surface area (Å²) >= 11 is 0. The Morgan fingerprint density at radius 1 is 1.12 bits per heavy atom. The first kappa shape index (κ1) is 17.8. The van der Waals surface area contributed by atoms with Crippen molar-refractivity contribution in [3.05, 3.63) is 53.7 Å². The van der Waals surface area contributed by atoms with Crippen LogP contribution < -0.4 is 10.2 Å². The molecule has 0 bridgehead atoms. The number of rotatable bonds is 7. The van der Waals surface area contributed by atoms with E-state index in [4.69, 9.17) is 0 Å². The Hall–Kier alpha value is -2.50. The molecule has 0 aliphatic rings. The highest BCUT2D eigenvalue weighted by Crippen LogP contribution is 2.20. The van der Waals surface area contributed by atoms with Crippen LogP contribution in [0.25, 0.3) is 0 Å². The van der Waals surface area contributed by atoms with Gasteiger partial charge in [0.15, 0.2) is 0 Å². The Kier molecular flexibility index (Phi) is 6.23. The van der Waals surface area contributed by atoms with E-state index >= 15 is 0 Å². The molecule has 0 unspecified atom stereocenters. The van der Waals surface area contributed by atoms with Gasteiger partial charge in [0, 0.05) is 24.8 Å². The van der Waals surface area contributed by atoms with Crippen molar-refractivity contribution in [1.82, 2.24) is 4.98 Å². The quantitative estimate of drug-likeness (QED) is 0.824. The summed E-state index contributed by atoms with van der Waals surface area (Å²) in [7, 11) is 0. The average molecular weight is 333 g/mol. The van der Waals surface area contributed by atoms with E-state index in [1.54, 1.807) is 6.07 Å². The third-order valence-corrected chi connectivity index (χ3v) is 3.52. The number of amides is 1. The lowest BCUT2D eigenvalue weighted by Gasteiger charge is -2.22. The topological polar surface area (TPSA) is 45.2 Å². The standard InChI is InChI=1S/C18H21F2N3O/c1-3-10-23(11-4-2)16-12-13(8-9-21-16)18(24)22-17-14(19)6-5-7-15(17)20/h5-9,12H,3-4,10-11H2,1-2H3,(H,22,24). The van der Waals surface area contributed by atoms with E-state index in [0.29, 0.717) is 11.4 Å². The van der Waals surface area contributed by atoms with Crippen molar-refractivity contribution >= 4 is 17.4 Å². The van der Waals surface area contributed by atoms with Gasteiger partial charge in [0.05, 0.1) is 0 Å². The van der Waals surface area contributed by atoms with Crippen LogP contribution in [-0.2, 0) is 0 Å². The highest BCUT2D eigenvalue weighted by Gasteiger charge is 2.15. The van der Waals surface area contributed by atoms with Gasteiger partial charge in [-0.15, -0.1) is 0 Å². The number of pyridine rings is 1. The van der Waals surface area contributed by atoms with Crippen molar-refractivity contribution < 1.29 is 13.6 Å². The normalized spacial score (nSPS) is 10.5. The Labute approximate surface area is 140 Å². The smallest absolute Gasteiger partial charge is 0.256 e. The highest BCUT2D eigenvalue weighted by molar-refractivity contribution is 6.04. The van der Waals surface area contributed by atoms with Crippen LogP contribution in [-0.4, -0.2) is 24.0 Å². The average Bonchev–Trinajstić information content (AvgIpc) is 2.58. The van der Waals surface area contributed by atoms with Gasteiger partial charge in [-0.2, -0.15) is 0 Å². The maximum absolute atomic E-state index is 13.7. The number of nitrogens with one attached hydrogen (secondary N) is 1. The van der Waals surface area contributed by atoms with Gasteiger partial charge >= 0.3 is 0 Å². The number of carbonyl (C=O) groups excluding carboxylic acids is 1. The van der Waals surface area contributed by atoms with Gasteiger partial charge in [-0.05, 0) is 37.1 Å². The zero-order chi connectivity index (χ0) is 17.5. The molecule has 0 saturated carbocycles. The van der Waals surface area contributed by atoms with Crippen molar-refractivity contribution in [2.24, 2.45) is 0 Å². The summed E-state index contributed by atoms with van der Waals surface area (Å²) in [4.78, 5) is 18.7. The molecule has 0 atom stereocenters. The molecule has 0 radical (unpaired) electrons. The summed E-state index contributed by atoms with van der Waals surface area (Å²) in [6, 6.07) is 6.60. The first-order valence-electron chi connectivity index (χ1n) is 8.03. The van der Waals surface area contributed by atoms with Crippen molar-refractivity contribution in [2.45, 2.75) is 26.7 Å². The number of anilines is 2. The summed E-state index contributed by atoms with van der Waals surface area (Å²) in [6.07, 6.45) is 3.44. The largest absolute Gasteiger partial charge is 0.357 e. The molecular weight excluding hydrogens is 312 g/mol. The number of para-hydroxylation sites is 1. The van der Waals surface area contributed by atoms with Crippen LogP contribution in [0, 0.1) is 11.6 Å². The van der Waals surface area contributed by atoms with Crippen LogP contribution in [0.1, 0.15) is 37.0 Å². The third kappa shape index (κ3) is 4.28. The predicted molar refractivity (Wildman–Crippen MR) is 91.3 cm³/mol. The molecule has 2 rings (SSSR count). The van der Waals surface area contributed by atoms with Crippen LogP contribution in [0.3, 0.4) is 0 Å². The maximum Gasteiger partial charge on any atom is 0.256 e. The van der Waals surface area contributed by atoms with Crippen LogP contribution in [0.15, 0.2) is 36.5 Å². The van der Waals surface area contributed by atoms with E-state index in [-0.39, 0.29) is 0 Å². The molecule has 24 heavy (non-hydrogen) atoms. The first-order chi connectivity index (χ1) is 11.6. The van der Waals surface area contributed by atoms with Crippen LogP contribution in [0.4, 0.5) is 20.3 Å². The predicted octanol–water partition coefficient (Wildman–Crippen LogP) is 4.24. The van der Waals surface area contributed by atoms with E-state index in [0.717, 1.165) is 38.1 Å². The Morgan fingerprint density at radius 3 is 2.33 bits per heavy atom. The number of nitrogens with zero attached hydrogens (tertiary/aromatic N) is 2. The van der Waals surface area contributed by atoms with E-state index in [1.165, 1.54) is 18.3 Å². The van der Waals surface area contributed by atoms with E-state index < -0.39 is 23.2 Å². The van der Waals surface area contributed by atoms with E-state index in [2.05, 4.69) is 29.0 Å². The zero-order valence-electron chi connectivity index (χ0n) is 13.9. The molecule has 1 heterocycles. The van der Waals surface area contributed by atoms with Gasteiger partial charge in [0.2, 0.25) is 0 Å². The second-order valence-corrected chi connectivity index (χ2v) is 5.44. The Morgan fingerprint density at radius 2 is 1.75 bits per heavy atom. The summed E-state index contributed by atoms with van der Waals surface area (Å²) in [6.45, 7) is 5.79. The molecule has 0 aliphatic heterocycles. The highest BCUT2D eigenvalue weighted by atomic mass is 19.1. The Bertz CT molecular complexity index is 680. The summed E-state index contributed by atoms with van der Waals surface area (Å²) in [5, 5.41) is 2.29. The monoisotopic (exact) mass is 333 g/mol. The fourth-order valence-corrected chi connectivity index (χ4v) is 2.42. The molecule has 128 valence electrons. The van der Waals surface area contributed by atoms with Crippen molar-refractivity contribution in [1.29, 1.82) is 0 Å². The van der Waals surface area contributed by atoms with Gasteiger partial charge in [-0.3, -0.25) is 4.79 Å². The molecule has 1 aromatic heterocycles. The fourth-order valence-electron chi connectivity index (χ4n) is 2.42. The van der Waals surface area contributed by atoms with Gasteiger partial charge < -0.3 is 10.2 Å². The molecule has 0 aliphatic carbocycles. The molecule has 6 heteroatoms. The molecule has 4 nitrogen and oxygen atoms in total. The minimum absolute atomic E-state index is 0.305. The number of hydrogen-bond donors (Lipinski definition) is 1. The van der Waals surface area contributed by atoms with Gasteiger partial charge in [-0.1, -0.05) is 19.9 Å². The molecule has 0 saturated heterocycles.